The molecule has 1 fully saturated rings. The van der Waals surface area contributed by atoms with Gasteiger partial charge < -0.3 is 10.5 Å². The molecule has 0 aliphatic heterocycles. The summed E-state index contributed by atoms with van der Waals surface area (Å²) < 4.78 is 32.2. The highest BCUT2D eigenvalue weighted by Gasteiger charge is 2.46. The molecule has 94 valence electrons. The van der Waals surface area contributed by atoms with E-state index >= 15 is 0 Å². The summed E-state index contributed by atoms with van der Waals surface area (Å²) in [6, 6.07) is 4.91. The van der Waals surface area contributed by atoms with Crippen molar-refractivity contribution in [2.75, 3.05) is 13.7 Å². The first kappa shape index (κ1) is 12.3. The molecular weight excluding hydrogens is 224 g/mol. The second-order valence-corrected chi connectivity index (χ2v) is 4.76. The molecule has 0 unspecified atom stereocenters. The largest absolute Gasteiger partial charge is 0.496 e. The van der Waals surface area contributed by atoms with Crippen LogP contribution in [0, 0.1) is 0 Å². The van der Waals surface area contributed by atoms with Crippen molar-refractivity contribution in [2.45, 2.75) is 31.1 Å². The lowest BCUT2D eigenvalue weighted by Crippen LogP contribution is -2.22. The Morgan fingerprint density at radius 1 is 1.41 bits per heavy atom. The van der Waals surface area contributed by atoms with Crippen molar-refractivity contribution in [3.05, 3.63) is 29.3 Å². The van der Waals surface area contributed by atoms with Gasteiger partial charge in [-0.25, -0.2) is 8.78 Å². The number of alkyl halides is 2. The highest BCUT2D eigenvalue weighted by molar-refractivity contribution is 5.50. The summed E-state index contributed by atoms with van der Waals surface area (Å²) in [6.07, 6.45) is 1.89. The van der Waals surface area contributed by atoms with E-state index in [9.17, 15) is 8.78 Å². The molecule has 1 aliphatic rings. The fourth-order valence-corrected chi connectivity index (χ4v) is 2.25. The zero-order chi connectivity index (χ0) is 12.7. The maximum atomic E-state index is 13.5. The highest BCUT2D eigenvalue weighted by Crippen LogP contribution is 2.52. The Balaban J connectivity index is 2.55. The number of nitrogens with two attached hydrogens (primary N) is 1. The zero-order valence-corrected chi connectivity index (χ0v) is 10.1. The van der Waals surface area contributed by atoms with Crippen molar-refractivity contribution >= 4 is 0 Å². The Bertz CT molecular complexity index is 422. The molecule has 0 amide bonds. The third-order valence-corrected chi connectivity index (χ3v) is 3.51. The quantitative estimate of drug-likeness (QED) is 0.879. The second-order valence-electron chi connectivity index (χ2n) is 4.76. The van der Waals surface area contributed by atoms with E-state index in [-0.39, 0.29) is 11.0 Å². The molecule has 4 heteroatoms. The normalized spacial score (nSPS) is 17.9. The molecule has 0 spiro atoms. The van der Waals surface area contributed by atoms with Gasteiger partial charge in [0.2, 0.25) is 0 Å². The SMILES string of the molecule is COc1c(C(C)(F)F)cccc1C1(CN)CC1. The summed E-state index contributed by atoms with van der Waals surface area (Å²) in [5, 5.41) is 0. The van der Waals surface area contributed by atoms with E-state index in [2.05, 4.69) is 0 Å². The molecule has 1 aromatic rings. The summed E-state index contributed by atoms with van der Waals surface area (Å²) >= 11 is 0. The monoisotopic (exact) mass is 241 g/mol. The van der Waals surface area contributed by atoms with Gasteiger partial charge in [0.05, 0.1) is 12.7 Å². The molecule has 0 radical (unpaired) electrons. The van der Waals surface area contributed by atoms with Crippen LogP contribution in [0.1, 0.15) is 30.9 Å². The summed E-state index contributed by atoms with van der Waals surface area (Å²) in [5.41, 5.74) is 6.36. The van der Waals surface area contributed by atoms with Gasteiger partial charge in [0.1, 0.15) is 5.75 Å². The van der Waals surface area contributed by atoms with Gasteiger partial charge in [0, 0.05) is 24.4 Å². The third kappa shape index (κ3) is 2.02. The van der Waals surface area contributed by atoms with Crippen LogP contribution in [0.15, 0.2) is 18.2 Å². The van der Waals surface area contributed by atoms with Gasteiger partial charge in [0.25, 0.3) is 5.92 Å². The van der Waals surface area contributed by atoms with Crippen molar-refractivity contribution in [3.8, 4) is 5.75 Å². The van der Waals surface area contributed by atoms with Crippen molar-refractivity contribution in [3.63, 3.8) is 0 Å². The molecule has 0 aromatic heterocycles. The Morgan fingerprint density at radius 2 is 2.06 bits per heavy atom. The van der Waals surface area contributed by atoms with Crippen molar-refractivity contribution in [2.24, 2.45) is 5.73 Å². The topological polar surface area (TPSA) is 35.2 Å². The van der Waals surface area contributed by atoms with E-state index in [0.717, 1.165) is 25.3 Å². The Hall–Kier alpha value is -1.16. The van der Waals surface area contributed by atoms with Crippen LogP contribution in [0.4, 0.5) is 8.78 Å². The third-order valence-electron chi connectivity index (χ3n) is 3.51. The predicted molar refractivity (Wildman–Crippen MR) is 62.5 cm³/mol. The molecule has 2 nitrogen and oxygen atoms in total. The van der Waals surface area contributed by atoms with E-state index in [4.69, 9.17) is 10.5 Å². The van der Waals surface area contributed by atoms with Gasteiger partial charge in [-0.05, 0) is 18.9 Å². The Kier molecular flexibility index (Phi) is 2.86. The molecule has 2 N–H and O–H groups in total. The summed E-state index contributed by atoms with van der Waals surface area (Å²) in [7, 11) is 1.43. The van der Waals surface area contributed by atoms with E-state index in [1.165, 1.54) is 13.2 Å². The van der Waals surface area contributed by atoms with E-state index in [1.807, 2.05) is 6.07 Å². The van der Waals surface area contributed by atoms with Crippen LogP contribution in [0.3, 0.4) is 0 Å². The number of rotatable bonds is 4. The van der Waals surface area contributed by atoms with Crippen LogP contribution in [0.25, 0.3) is 0 Å². The number of para-hydroxylation sites is 1. The van der Waals surface area contributed by atoms with Gasteiger partial charge in [-0.15, -0.1) is 0 Å². The Morgan fingerprint density at radius 3 is 2.47 bits per heavy atom. The van der Waals surface area contributed by atoms with Gasteiger partial charge >= 0.3 is 0 Å². The molecule has 1 aliphatic carbocycles. The summed E-state index contributed by atoms with van der Waals surface area (Å²) in [5.74, 6) is -2.60. The molecule has 1 aromatic carbocycles. The molecule has 17 heavy (non-hydrogen) atoms. The van der Waals surface area contributed by atoms with E-state index in [1.54, 1.807) is 6.07 Å². The molecule has 1 saturated carbocycles. The molecular formula is C13H17F2NO. The van der Waals surface area contributed by atoms with Crippen molar-refractivity contribution < 1.29 is 13.5 Å². The molecule has 2 rings (SSSR count). The molecule has 0 heterocycles. The van der Waals surface area contributed by atoms with Gasteiger partial charge in [0.15, 0.2) is 0 Å². The minimum Gasteiger partial charge on any atom is -0.496 e. The minimum absolute atomic E-state index is 0.0581. The number of ether oxygens (including phenoxy) is 1. The number of halogens is 2. The van der Waals surface area contributed by atoms with Crippen LogP contribution in [0.5, 0.6) is 5.75 Å². The molecule has 0 bridgehead atoms. The van der Waals surface area contributed by atoms with E-state index in [0.29, 0.717) is 12.3 Å². The maximum Gasteiger partial charge on any atom is 0.274 e. The number of hydrogen-bond donors (Lipinski definition) is 1. The van der Waals surface area contributed by atoms with Crippen molar-refractivity contribution in [1.82, 2.24) is 0 Å². The minimum atomic E-state index is -2.90. The first-order valence-corrected chi connectivity index (χ1v) is 5.70. The fraction of sp³-hybridized carbons (Fsp3) is 0.538. The fourth-order valence-electron chi connectivity index (χ4n) is 2.25. The molecule has 0 atom stereocenters. The van der Waals surface area contributed by atoms with Crippen LogP contribution >= 0.6 is 0 Å². The molecule has 0 saturated heterocycles. The standard InChI is InChI=1S/C13H17F2NO/c1-12(14,15)9-4-3-5-10(11(9)17-2)13(8-16)6-7-13/h3-5H,6-8,16H2,1-2H3. The lowest BCUT2D eigenvalue weighted by Gasteiger charge is -2.22. The summed E-state index contributed by atoms with van der Waals surface area (Å²) in [4.78, 5) is 0. The average Bonchev–Trinajstić information content (AvgIpc) is 3.07. The van der Waals surface area contributed by atoms with Gasteiger partial charge in [-0.3, -0.25) is 0 Å². The van der Waals surface area contributed by atoms with Gasteiger partial charge in [-0.2, -0.15) is 0 Å². The first-order valence-electron chi connectivity index (χ1n) is 5.70. The van der Waals surface area contributed by atoms with Gasteiger partial charge in [-0.1, -0.05) is 12.1 Å². The average molecular weight is 241 g/mol. The Labute approximate surface area is 99.8 Å². The van der Waals surface area contributed by atoms with Crippen LogP contribution < -0.4 is 10.5 Å². The zero-order valence-electron chi connectivity index (χ0n) is 10.1. The lowest BCUT2D eigenvalue weighted by molar-refractivity contribution is 0.0149. The smallest absolute Gasteiger partial charge is 0.274 e. The van der Waals surface area contributed by atoms with Crippen LogP contribution in [-0.2, 0) is 11.3 Å². The predicted octanol–water partition coefficient (Wildman–Crippen LogP) is 2.80. The maximum absolute atomic E-state index is 13.5. The number of methoxy groups -OCH3 is 1. The number of benzene rings is 1. The van der Waals surface area contributed by atoms with Crippen LogP contribution in [0.2, 0.25) is 0 Å². The van der Waals surface area contributed by atoms with Crippen LogP contribution in [-0.4, -0.2) is 13.7 Å². The second kappa shape index (κ2) is 3.95. The summed E-state index contributed by atoms with van der Waals surface area (Å²) in [6.45, 7) is 1.36. The highest BCUT2D eigenvalue weighted by atomic mass is 19.3. The van der Waals surface area contributed by atoms with E-state index < -0.39 is 5.92 Å². The first-order chi connectivity index (χ1) is 7.94. The number of hydrogen-bond acceptors (Lipinski definition) is 2. The lowest BCUT2D eigenvalue weighted by atomic mass is 9.91. The van der Waals surface area contributed by atoms with Crippen molar-refractivity contribution in [1.29, 1.82) is 0 Å².